The van der Waals surface area contributed by atoms with E-state index in [1.165, 1.54) is 15.9 Å². The fraction of sp³-hybridized carbons (Fsp3) is 0.208. The van der Waals surface area contributed by atoms with E-state index in [0.717, 1.165) is 12.8 Å². The van der Waals surface area contributed by atoms with E-state index in [9.17, 15) is 4.79 Å². The molecule has 0 N–H and O–H groups in total. The molecule has 0 aliphatic carbocycles. The van der Waals surface area contributed by atoms with E-state index < -0.39 is 7.26 Å². The summed E-state index contributed by atoms with van der Waals surface area (Å²) in [5.41, 5.74) is 0. The number of Topliss-reactive ketones (excluding diaryl/α,β-unsaturated/α-hetero) is 1. The van der Waals surface area contributed by atoms with Crippen molar-refractivity contribution in [3.05, 3.63) is 91.0 Å². The molecular formula is C24H27OP. The first-order chi connectivity index (χ1) is 12.8. The zero-order valence-electron chi connectivity index (χ0n) is 15.4. The SMILES string of the molecule is CCCCC(=O)C[PH](c1ccccc1)(c1ccccc1)c1ccccc1. The monoisotopic (exact) mass is 362 g/mol. The minimum absolute atomic E-state index is 0.384. The van der Waals surface area contributed by atoms with E-state index in [4.69, 9.17) is 0 Å². The van der Waals surface area contributed by atoms with Crippen LogP contribution in [0.1, 0.15) is 26.2 Å². The van der Waals surface area contributed by atoms with Gasteiger partial charge in [-0.3, -0.25) is 0 Å². The molecule has 0 radical (unpaired) electrons. The van der Waals surface area contributed by atoms with E-state index in [1.54, 1.807) is 0 Å². The van der Waals surface area contributed by atoms with Gasteiger partial charge >= 0.3 is 157 Å². The number of carbonyl (C=O) groups is 1. The van der Waals surface area contributed by atoms with Crippen LogP contribution < -0.4 is 15.9 Å². The van der Waals surface area contributed by atoms with Crippen molar-refractivity contribution in [3.63, 3.8) is 0 Å². The second-order valence-corrected chi connectivity index (χ2v) is 10.7. The molecule has 0 aromatic heterocycles. The predicted octanol–water partition coefficient (Wildman–Crippen LogP) is 4.47. The topological polar surface area (TPSA) is 17.1 Å². The second kappa shape index (κ2) is 8.92. The van der Waals surface area contributed by atoms with Gasteiger partial charge in [0.2, 0.25) is 0 Å². The van der Waals surface area contributed by atoms with Gasteiger partial charge in [0.25, 0.3) is 0 Å². The third-order valence-corrected chi connectivity index (χ3v) is 9.95. The van der Waals surface area contributed by atoms with Crippen LogP contribution in [-0.4, -0.2) is 11.9 Å². The Labute approximate surface area is 157 Å². The zero-order valence-corrected chi connectivity index (χ0v) is 16.4. The van der Waals surface area contributed by atoms with E-state index >= 15 is 0 Å². The summed E-state index contributed by atoms with van der Waals surface area (Å²) in [6.07, 6.45) is 3.34. The Balaban J connectivity index is 2.19. The molecule has 3 aromatic carbocycles. The summed E-state index contributed by atoms with van der Waals surface area (Å²) in [5, 5.41) is 3.92. The number of unbranched alkanes of at least 4 members (excludes halogenated alkanes) is 1. The minimum atomic E-state index is -2.39. The van der Waals surface area contributed by atoms with Crippen molar-refractivity contribution in [2.24, 2.45) is 0 Å². The molecule has 0 fully saturated rings. The van der Waals surface area contributed by atoms with Gasteiger partial charge in [-0.1, -0.05) is 0 Å². The van der Waals surface area contributed by atoms with Crippen molar-refractivity contribution in [3.8, 4) is 0 Å². The first-order valence-electron chi connectivity index (χ1n) is 9.45. The molecule has 0 aliphatic heterocycles. The van der Waals surface area contributed by atoms with Crippen molar-refractivity contribution >= 4 is 29.0 Å². The van der Waals surface area contributed by atoms with Crippen LogP contribution in [0.3, 0.4) is 0 Å². The van der Waals surface area contributed by atoms with Crippen LogP contribution in [-0.2, 0) is 4.79 Å². The molecule has 0 amide bonds. The van der Waals surface area contributed by atoms with Crippen molar-refractivity contribution in [2.75, 3.05) is 6.16 Å². The average Bonchev–Trinajstić information content (AvgIpc) is 2.72. The number of rotatable bonds is 8. The first kappa shape index (κ1) is 18.5. The number of benzene rings is 3. The molecule has 0 atom stereocenters. The molecular weight excluding hydrogens is 335 g/mol. The Bertz CT molecular complexity index is 716. The van der Waals surface area contributed by atoms with Crippen molar-refractivity contribution in [1.82, 2.24) is 0 Å². The second-order valence-electron chi connectivity index (χ2n) is 6.82. The summed E-state index contributed by atoms with van der Waals surface area (Å²) in [6.45, 7) is 2.14. The van der Waals surface area contributed by atoms with Crippen LogP contribution in [0.4, 0.5) is 0 Å². The van der Waals surface area contributed by atoms with Gasteiger partial charge in [-0.15, -0.1) is 0 Å². The Morgan fingerprint density at radius 1 is 0.692 bits per heavy atom. The predicted molar refractivity (Wildman–Crippen MR) is 116 cm³/mol. The molecule has 0 aliphatic rings. The van der Waals surface area contributed by atoms with Crippen LogP contribution in [0.5, 0.6) is 0 Å². The van der Waals surface area contributed by atoms with E-state index in [-0.39, 0.29) is 0 Å². The number of hydrogen-bond acceptors (Lipinski definition) is 1. The van der Waals surface area contributed by atoms with Gasteiger partial charge in [0, 0.05) is 0 Å². The molecule has 1 nitrogen and oxygen atoms in total. The molecule has 0 spiro atoms. The summed E-state index contributed by atoms with van der Waals surface area (Å²) in [4.78, 5) is 13.0. The molecule has 0 unspecified atom stereocenters. The summed E-state index contributed by atoms with van der Waals surface area (Å²) < 4.78 is 0. The Morgan fingerprint density at radius 3 is 1.42 bits per heavy atom. The Hall–Kier alpha value is -2.24. The fourth-order valence-electron chi connectivity index (χ4n) is 3.73. The van der Waals surface area contributed by atoms with Crippen LogP contribution >= 0.6 is 7.26 Å². The first-order valence-corrected chi connectivity index (χ1v) is 11.7. The summed E-state index contributed by atoms with van der Waals surface area (Å²) in [5.74, 6) is 0.384. The third kappa shape index (κ3) is 3.94. The normalized spacial score (nSPS) is 11.9. The van der Waals surface area contributed by atoms with Crippen LogP contribution in [0.2, 0.25) is 0 Å². The molecule has 0 saturated heterocycles. The molecule has 0 heterocycles. The zero-order chi connectivity index (χ0) is 18.2. The maximum absolute atomic E-state index is 13.0. The van der Waals surface area contributed by atoms with E-state index in [0.29, 0.717) is 18.4 Å². The van der Waals surface area contributed by atoms with Gasteiger partial charge in [0.15, 0.2) is 0 Å². The van der Waals surface area contributed by atoms with Crippen molar-refractivity contribution in [2.45, 2.75) is 26.2 Å². The maximum atomic E-state index is 13.0. The average molecular weight is 362 g/mol. The molecule has 2 heteroatoms. The number of hydrogen-bond donors (Lipinski definition) is 0. The van der Waals surface area contributed by atoms with Gasteiger partial charge in [0.1, 0.15) is 0 Å². The summed E-state index contributed by atoms with van der Waals surface area (Å²) in [6, 6.07) is 32.0. The standard InChI is InChI=1S/C24H27OP/c1-2-3-13-21(25)20-26(22-14-7-4-8-15-22,23-16-9-5-10-17-23)24-18-11-6-12-19-24/h4-12,14-19,26H,2-3,13,20H2,1H3. The Kier molecular flexibility index (Phi) is 6.36. The molecule has 3 rings (SSSR count). The van der Waals surface area contributed by atoms with Gasteiger partial charge < -0.3 is 0 Å². The van der Waals surface area contributed by atoms with Crippen LogP contribution in [0, 0.1) is 0 Å². The van der Waals surface area contributed by atoms with Gasteiger partial charge in [-0.25, -0.2) is 0 Å². The van der Waals surface area contributed by atoms with Gasteiger partial charge in [-0.2, -0.15) is 0 Å². The Morgan fingerprint density at radius 2 is 1.08 bits per heavy atom. The number of ketones is 1. The molecule has 0 saturated carbocycles. The van der Waals surface area contributed by atoms with Gasteiger partial charge in [-0.05, 0) is 0 Å². The number of carbonyl (C=O) groups excluding carboxylic acids is 1. The quantitative estimate of drug-likeness (QED) is 0.540. The molecule has 134 valence electrons. The van der Waals surface area contributed by atoms with Crippen molar-refractivity contribution < 1.29 is 4.79 Å². The molecule has 0 bridgehead atoms. The molecule has 3 aromatic rings. The molecule has 26 heavy (non-hydrogen) atoms. The van der Waals surface area contributed by atoms with Gasteiger partial charge in [0.05, 0.1) is 0 Å². The third-order valence-electron chi connectivity index (χ3n) is 5.07. The van der Waals surface area contributed by atoms with E-state index in [1.807, 2.05) is 0 Å². The van der Waals surface area contributed by atoms with Crippen molar-refractivity contribution in [1.29, 1.82) is 0 Å². The summed E-state index contributed by atoms with van der Waals surface area (Å²) >= 11 is 0. The fourth-order valence-corrected chi connectivity index (χ4v) is 8.40. The summed E-state index contributed by atoms with van der Waals surface area (Å²) in [7, 11) is -2.39. The van der Waals surface area contributed by atoms with Crippen LogP contribution in [0.25, 0.3) is 0 Å². The van der Waals surface area contributed by atoms with Crippen LogP contribution in [0.15, 0.2) is 91.0 Å². The van der Waals surface area contributed by atoms with E-state index in [2.05, 4.69) is 97.9 Å².